The minimum atomic E-state index is -0.327. The van der Waals surface area contributed by atoms with E-state index in [-0.39, 0.29) is 53.4 Å². The molecule has 10 aromatic rings. The minimum Gasteiger partial charge on any atom is -0.423 e. The molecule has 650 valence electrons. The molecule has 0 atom stereocenters. The lowest BCUT2D eigenvalue weighted by Crippen LogP contribution is -2.08. The second-order valence-electron chi connectivity index (χ2n) is 28.7. The zero-order valence-electron chi connectivity index (χ0n) is 70.2. The zero-order chi connectivity index (χ0) is 82.5. The molecule has 10 aromatic carbocycles. The number of rotatable bonds is 40. The van der Waals surface area contributed by atoms with Crippen LogP contribution in [-0.4, -0.2) is 29.8 Å². The fourth-order valence-electron chi connectivity index (χ4n) is 12.1. The number of halogens is 5. The summed E-state index contributed by atoms with van der Waals surface area (Å²) >= 11 is 21.0. The molecule has 0 aliphatic carbocycles. The van der Waals surface area contributed by atoms with Crippen LogP contribution in [0.15, 0.2) is 267 Å². The summed E-state index contributed by atoms with van der Waals surface area (Å²) in [6, 6.07) is 74.0. The second kappa shape index (κ2) is 65.7. The maximum Gasteiger partial charge on any atom is 0.343 e. The van der Waals surface area contributed by atoms with Crippen molar-refractivity contribution in [2.24, 2.45) is 0 Å². The molecule has 0 aliphatic heterocycles. The predicted octanol–water partition coefficient (Wildman–Crippen LogP) is 29.3. The van der Waals surface area contributed by atoms with Gasteiger partial charge in [0.05, 0.1) is 27.8 Å². The van der Waals surface area contributed by atoms with E-state index in [0.717, 1.165) is 56.6 Å². The highest BCUT2D eigenvalue weighted by Crippen LogP contribution is 2.24. The maximum atomic E-state index is 12.1. The van der Waals surface area contributed by atoms with E-state index in [0.29, 0.717) is 56.6 Å². The van der Waals surface area contributed by atoms with Gasteiger partial charge in [0.15, 0.2) is 0 Å². The Balaban J connectivity index is 0.000000742. The number of benzene rings is 10. The quantitative estimate of drug-likeness (QED) is 0.00832. The molecule has 0 radical (unpaired) electrons. The van der Waals surface area contributed by atoms with Crippen LogP contribution in [0.25, 0.3) is 0 Å². The average Bonchev–Trinajstić information content (AvgIpc) is 0.887. The molecule has 0 fully saturated rings. The molecule has 120 heavy (non-hydrogen) atoms. The van der Waals surface area contributed by atoms with E-state index in [1.54, 1.807) is 121 Å². The first-order valence-corrected chi connectivity index (χ1v) is 43.7. The summed E-state index contributed by atoms with van der Waals surface area (Å²) in [5, 5.41) is 0. The average molecular weight is 1740 g/mol. The molecule has 0 N–H and O–H groups in total. The van der Waals surface area contributed by atoms with Crippen molar-refractivity contribution in [3.05, 3.63) is 298 Å². The van der Waals surface area contributed by atoms with Crippen molar-refractivity contribution in [1.29, 1.82) is 0 Å². The lowest BCUT2D eigenvalue weighted by molar-refractivity contribution is 0.0725. The number of hydrogen-bond donors (Lipinski definition) is 5. The van der Waals surface area contributed by atoms with Crippen molar-refractivity contribution in [2.45, 2.75) is 252 Å². The third kappa shape index (κ3) is 46.1. The monoisotopic (exact) mass is 1740 g/mol. The molecule has 0 bridgehead atoms. The van der Waals surface area contributed by atoms with E-state index < -0.39 is 0 Å². The fourth-order valence-corrected chi connectivity index (χ4v) is 12.8. The molecule has 10 rings (SSSR count). The van der Waals surface area contributed by atoms with Crippen LogP contribution >= 0.6 is 63.1 Å². The third-order valence-corrected chi connectivity index (χ3v) is 20.5. The van der Waals surface area contributed by atoms with Crippen LogP contribution in [0.3, 0.4) is 0 Å². The smallest absolute Gasteiger partial charge is 0.343 e. The maximum absolute atomic E-state index is 12.1. The van der Waals surface area contributed by atoms with Gasteiger partial charge in [0.25, 0.3) is 0 Å². The normalized spacial score (nSPS) is 10.1. The number of unbranched alkanes of at least 4 members (excludes halogenated alkanes) is 20. The minimum absolute atomic E-state index is 0. The van der Waals surface area contributed by atoms with Crippen LogP contribution in [0.2, 0.25) is 0 Å². The molecular formula is C100H125F5O10S5. The van der Waals surface area contributed by atoms with Crippen LogP contribution in [-0.2, 0) is 32.1 Å². The van der Waals surface area contributed by atoms with Gasteiger partial charge in [-0.2, -0.15) is 0 Å². The Hall–Kier alpha value is -9.05. The van der Waals surface area contributed by atoms with Gasteiger partial charge in [-0.25, -0.2) is 24.0 Å². The van der Waals surface area contributed by atoms with E-state index >= 15 is 0 Å². The van der Waals surface area contributed by atoms with Crippen molar-refractivity contribution in [3.8, 4) is 28.7 Å². The van der Waals surface area contributed by atoms with E-state index in [2.05, 4.69) is 97.8 Å². The van der Waals surface area contributed by atoms with E-state index in [4.69, 9.17) is 23.7 Å². The Morgan fingerprint density at radius 1 is 0.183 bits per heavy atom. The lowest BCUT2D eigenvalue weighted by atomic mass is 10.0. The molecule has 0 spiro atoms. The van der Waals surface area contributed by atoms with Gasteiger partial charge in [-0.05, 0) is 274 Å². The second-order valence-corrected chi connectivity index (χ2v) is 31.3. The van der Waals surface area contributed by atoms with Crippen molar-refractivity contribution in [3.63, 3.8) is 0 Å². The number of hydrogen-bond acceptors (Lipinski definition) is 15. The Morgan fingerprint density at radius 3 is 0.433 bits per heavy atom. The fraction of sp³-hybridized carbons (Fsp3) is 0.350. The van der Waals surface area contributed by atoms with Gasteiger partial charge < -0.3 is 23.7 Å². The molecule has 20 heteroatoms. The molecule has 0 saturated carbocycles. The molecular weight excluding hydrogens is 1620 g/mol. The van der Waals surface area contributed by atoms with E-state index in [1.807, 2.05) is 121 Å². The highest BCUT2D eigenvalue weighted by atomic mass is 32.1. The Labute approximate surface area is 737 Å². The highest BCUT2D eigenvalue weighted by molar-refractivity contribution is 7.81. The van der Waals surface area contributed by atoms with Gasteiger partial charge in [0.1, 0.15) is 28.7 Å². The molecule has 0 unspecified atom stereocenters. The van der Waals surface area contributed by atoms with Gasteiger partial charge in [0, 0.05) is 24.5 Å². The number of thiol groups is 5. The molecule has 0 saturated heterocycles. The third-order valence-electron chi connectivity index (χ3n) is 19.0. The van der Waals surface area contributed by atoms with Crippen LogP contribution in [0.4, 0.5) is 23.5 Å². The Kier molecular flexibility index (Phi) is 59.6. The summed E-state index contributed by atoms with van der Waals surface area (Å²) in [6.07, 6.45) is 37.3. The van der Waals surface area contributed by atoms with Crippen molar-refractivity contribution >= 4 is 93.0 Å². The Bertz CT molecular complexity index is 3700. The number of esters is 5. The summed E-state index contributed by atoms with van der Waals surface area (Å²) < 4.78 is 26.7. The standard InChI is InChI=1S/5C20H24O2S.5FH/c5*1-2-3-4-5-6-7-16-8-10-17(11-9-16)20(21)22-18-12-14-19(23)15-13-18;;;;;/h5*8-15,23H,2-7H2,1H3;5*1H. The number of aryl methyl sites for hydroxylation is 5. The molecule has 0 aliphatic rings. The molecule has 0 amide bonds. The van der Waals surface area contributed by atoms with Crippen molar-refractivity contribution < 1.29 is 71.2 Å². The van der Waals surface area contributed by atoms with Crippen LogP contribution in [0.5, 0.6) is 28.7 Å². The SMILES string of the molecule is CCCCCCCc1ccc(C(=O)Oc2ccc(S)cc2)cc1.CCCCCCCc1ccc(C(=O)Oc2ccc(S)cc2)cc1.CCCCCCCc1ccc(C(=O)Oc2ccc(S)cc2)cc1.CCCCCCCc1ccc(C(=O)Oc2ccc(S)cc2)cc1.CCCCCCCc1ccc(C(=O)Oc2ccc(S)cc2)cc1.F.F.F.F.F. The molecule has 0 aromatic heterocycles. The lowest BCUT2D eigenvalue weighted by Gasteiger charge is -2.06. The molecule has 10 nitrogen and oxygen atoms in total. The van der Waals surface area contributed by atoms with Crippen LogP contribution in [0.1, 0.15) is 275 Å². The summed E-state index contributed by atoms with van der Waals surface area (Å²) in [4.78, 5) is 64.7. The predicted molar refractivity (Wildman–Crippen MR) is 500 cm³/mol. The first-order chi connectivity index (χ1) is 55.9. The first kappa shape index (κ1) is 109. The van der Waals surface area contributed by atoms with Gasteiger partial charge in [-0.1, -0.05) is 224 Å². The summed E-state index contributed by atoms with van der Waals surface area (Å²) in [5.74, 6) is 1.04. The van der Waals surface area contributed by atoms with Gasteiger partial charge >= 0.3 is 29.8 Å². The number of carbonyl (C=O) groups is 5. The van der Waals surface area contributed by atoms with E-state index in [1.165, 1.54) is 188 Å². The summed E-state index contributed by atoms with van der Waals surface area (Å²) in [5.41, 5.74) is 9.27. The summed E-state index contributed by atoms with van der Waals surface area (Å²) in [7, 11) is 0. The number of ether oxygens (including phenoxy) is 5. The highest BCUT2D eigenvalue weighted by Gasteiger charge is 2.15. The number of carbonyl (C=O) groups excluding carboxylic acids is 5. The Morgan fingerprint density at radius 2 is 0.308 bits per heavy atom. The van der Waals surface area contributed by atoms with Crippen molar-refractivity contribution in [2.75, 3.05) is 0 Å². The zero-order valence-corrected chi connectivity index (χ0v) is 74.6. The van der Waals surface area contributed by atoms with Gasteiger partial charge in [0.2, 0.25) is 0 Å². The van der Waals surface area contributed by atoms with Crippen molar-refractivity contribution in [1.82, 2.24) is 0 Å². The van der Waals surface area contributed by atoms with Crippen LogP contribution in [0, 0.1) is 0 Å². The van der Waals surface area contributed by atoms with E-state index in [9.17, 15) is 24.0 Å². The van der Waals surface area contributed by atoms with Crippen LogP contribution < -0.4 is 23.7 Å². The first-order valence-electron chi connectivity index (χ1n) is 41.4. The topological polar surface area (TPSA) is 132 Å². The summed E-state index contributed by atoms with van der Waals surface area (Å²) in [6.45, 7) is 11.1. The van der Waals surface area contributed by atoms with Gasteiger partial charge in [-0.15, -0.1) is 63.1 Å². The van der Waals surface area contributed by atoms with Gasteiger partial charge in [-0.3, -0.25) is 23.5 Å². The molecule has 0 heterocycles. The largest absolute Gasteiger partial charge is 0.423 e.